The molecule has 0 aliphatic carbocycles. The van der Waals surface area contributed by atoms with Gasteiger partial charge in [-0.2, -0.15) is 13.2 Å². The number of likely N-dealkylation sites (tertiary alicyclic amines) is 1. The number of hydrogen-bond donors (Lipinski definition) is 2. The van der Waals surface area contributed by atoms with Gasteiger partial charge in [0.2, 0.25) is 5.91 Å². The fourth-order valence-electron chi connectivity index (χ4n) is 4.27. The zero-order valence-corrected chi connectivity index (χ0v) is 12.8. The van der Waals surface area contributed by atoms with Crippen molar-refractivity contribution < 1.29 is 18.0 Å². The average Bonchev–Trinajstić information content (AvgIpc) is 2.76. The van der Waals surface area contributed by atoms with Crippen molar-refractivity contribution in [2.75, 3.05) is 13.6 Å². The quantitative estimate of drug-likeness (QED) is 0.814. The molecule has 4 atom stereocenters. The van der Waals surface area contributed by atoms with Crippen molar-refractivity contribution in [2.45, 2.75) is 68.9 Å². The topological polar surface area (TPSA) is 44.4 Å². The lowest BCUT2D eigenvalue weighted by Gasteiger charge is -2.39. The van der Waals surface area contributed by atoms with Crippen LogP contribution in [0.2, 0.25) is 0 Å². The van der Waals surface area contributed by atoms with Crippen LogP contribution >= 0.6 is 0 Å². The number of halogens is 3. The Labute approximate surface area is 128 Å². The molecule has 0 saturated carbocycles. The standard InChI is InChI=1S/C15H24F3N3O/c1-21-8-12(4-5-13(21)15(16,17)18)20-14(22)9-6-10-2-3-11(7-9)19-10/h9-13,19H,2-8H2,1H3,(H,20,22)/t9?,10?,11?,12-,13+/m1/s1. The molecule has 0 spiro atoms. The number of carbonyl (C=O) groups excluding carboxylic acids is 1. The van der Waals surface area contributed by atoms with Crippen LogP contribution in [-0.4, -0.2) is 54.7 Å². The maximum absolute atomic E-state index is 12.8. The molecule has 126 valence electrons. The Balaban J connectivity index is 1.51. The molecule has 7 heteroatoms. The van der Waals surface area contributed by atoms with E-state index in [1.54, 1.807) is 0 Å². The van der Waals surface area contributed by atoms with Crippen molar-refractivity contribution in [1.82, 2.24) is 15.5 Å². The molecule has 0 aromatic rings. The number of nitrogens with zero attached hydrogens (tertiary/aromatic N) is 1. The maximum Gasteiger partial charge on any atom is 0.404 e. The number of piperidine rings is 2. The van der Waals surface area contributed by atoms with Gasteiger partial charge < -0.3 is 10.6 Å². The van der Waals surface area contributed by atoms with E-state index in [9.17, 15) is 18.0 Å². The van der Waals surface area contributed by atoms with Gasteiger partial charge in [0, 0.05) is 30.6 Å². The Hall–Kier alpha value is -0.820. The Morgan fingerprint density at radius 3 is 2.32 bits per heavy atom. The molecular formula is C15H24F3N3O. The highest BCUT2D eigenvalue weighted by molar-refractivity contribution is 5.79. The highest BCUT2D eigenvalue weighted by atomic mass is 19.4. The Morgan fingerprint density at radius 2 is 1.77 bits per heavy atom. The van der Waals surface area contributed by atoms with Crippen LogP contribution < -0.4 is 10.6 Å². The fraction of sp³-hybridized carbons (Fsp3) is 0.933. The summed E-state index contributed by atoms with van der Waals surface area (Å²) in [6, 6.07) is -0.657. The lowest BCUT2D eigenvalue weighted by molar-refractivity contribution is -0.188. The zero-order chi connectivity index (χ0) is 15.9. The van der Waals surface area contributed by atoms with Crippen molar-refractivity contribution in [1.29, 1.82) is 0 Å². The van der Waals surface area contributed by atoms with Gasteiger partial charge in [-0.05, 0) is 45.6 Å². The van der Waals surface area contributed by atoms with Crippen molar-refractivity contribution >= 4 is 5.91 Å². The van der Waals surface area contributed by atoms with E-state index in [1.807, 2.05) is 0 Å². The number of likely N-dealkylation sites (N-methyl/N-ethyl adjacent to an activating group) is 1. The first-order valence-corrected chi connectivity index (χ1v) is 8.16. The fourth-order valence-corrected chi connectivity index (χ4v) is 4.27. The first-order chi connectivity index (χ1) is 10.3. The largest absolute Gasteiger partial charge is 0.404 e. The van der Waals surface area contributed by atoms with E-state index in [1.165, 1.54) is 11.9 Å². The molecular weight excluding hydrogens is 295 g/mol. The number of amides is 1. The normalized spacial score (nSPS) is 39.7. The molecule has 0 aromatic heterocycles. The van der Waals surface area contributed by atoms with Crippen molar-refractivity contribution in [3.8, 4) is 0 Å². The number of hydrogen-bond acceptors (Lipinski definition) is 3. The summed E-state index contributed by atoms with van der Waals surface area (Å²) < 4.78 is 38.5. The number of alkyl halides is 3. The van der Waals surface area contributed by atoms with Crippen LogP contribution in [0.15, 0.2) is 0 Å². The summed E-state index contributed by atoms with van der Waals surface area (Å²) in [5.74, 6) is 0.0478. The van der Waals surface area contributed by atoms with Crippen LogP contribution in [-0.2, 0) is 4.79 Å². The van der Waals surface area contributed by atoms with Crippen molar-refractivity contribution in [2.24, 2.45) is 5.92 Å². The smallest absolute Gasteiger partial charge is 0.352 e. The lowest BCUT2D eigenvalue weighted by atomic mass is 9.90. The van der Waals surface area contributed by atoms with Crippen LogP contribution in [0.5, 0.6) is 0 Å². The van der Waals surface area contributed by atoms with Crippen LogP contribution in [0.4, 0.5) is 13.2 Å². The third-order valence-corrected chi connectivity index (χ3v) is 5.40. The second-order valence-corrected chi connectivity index (χ2v) is 7.09. The molecule has 1 amide bonds. The molecule has 3 saturated heterocycles. The second kappa shape index (κ2) is 6.00. The summed E-state index contributed by atoms with van der Waals surface area (Å²) in [6.07, 6.45) is 0.256. The summed E-state index contributed by atoms with van der Waals surface area (Å²) in [6.45, 7) is 0.272. The predicted octanol–water partition coefficient (Wildman–Crippen LogP) is 1.66. The van der Waals surface area contributed by atoms with Gasteiger partial charge in [0.25, 0.3) is 0 Å². The number of carbonyl (C=O) groups is 1. The van der Waals surface area contributed by atoms with E-state index < -0.39 is 12.2 Å². The van der Waals surface area contributed by atoms with Gasteiger partial charge in [-0.1, -0.05) is 0 Å². The molecule has 2 unspecified atom stereocenters. The zero-order valence-electron chi connectivity index (χ0n) is 12.8. The second-order valence-electron chi connectivity index (χ2n) is 7.09. The minimum Gasteiger partial charge on any atom is -0.352 e. The number of rotatable bonds is 2. The van der Waals surface area contributed by atoms with E-state index in [-0.39, 0.29) is 30.8 Å². The van der Waals surface area contributed by atoms with Gasteiger partial charge in [0.05, 0.1) is 0 Å². The van der Waals surface area contributed by atoms with Crippen molar-refractivity contribution in [3.63, 3.8) is 0 Å². The first kappa shape index (κ1) is 16.1. The van der Waals surface area contributed by atoms with Gasteiger partial charge in [0.1, 0.15) is 6.04 Å². The molecule has 2 bridgehead atoms. The van der Waals surface area contributed by atoms with E-state index >= 15 is 0 Å². The minimum absolute atomic E-state index is 0.0180. The van der Waals surface area contributed by atoms with E-state index in [0.717, 1.165) is 25.7 Å². The number of fused-ring (bicyclic) bond motifs is 2. The third-order valence-electron chi connectivity index (χ3n) is 5.40. The van der Waals surface area contributed by atoms with Crippen LogP contribution in [0.25, 0.3) is 0 Å². The average molecular weight is 319 g/mol. The molecule has 4 nitrogen and oxygen atoms in total. The highest BCUT2D eigenvalue weighted by Gasteiger charge is 2.45. The molecule has 22 heavy (non-hydrogen) atoms. The van der Waals surface area contributed by atoms with Crippen LogP contribution in [0, 0.1) is 5.92 Å². The third kappa shape index (κ3) is 3.40. The Morgan fingerprint density at radius 1 is 1.14 bits per heavy atom. The predicted molar refractivity (Wildman–Crippen MR) is 76.3 cm³/mol. The summed E-state index contributed by atoms with van der Waals surface area (Å²) in [4.78, 5) is 13.7. The minimum atomic E-state index is -4.18. The van der Waals surface area contributed by atoms with Gasteiger partial charge in [-0.15, -0.1) is 0 Å². The van der Waals surface area contributed by atoms with Crippen LogP contribution in [0.1, 0.15) is 38.5 Å². The molecule has 0 aromatic carbocycles. The summed E-state index contributed by atoms with van der Waals surface area (Å²) in [5, 5.41) is 6.48. The Kier molecular flexibility index (Phi) is 4.38. The van der Waals surface area contributed by atoms with E-state index in [2.05, 4.69) is 10.6 Å². The lowest BCUT2D eigenvalue weighted by Crippen LogP contribution is -2.56. The van der Waals surface area contributed by atoms with Gasteiger partial charge in [-0.25, -0.2) is 0 Å². The molecule has 2 N–H and O–H groups in total. The van der Waals surface area contributed by atoms with Crippen molar-refractivity contribution in [3.05, 3.63) is 0 Å². The molecule has 3 fully saturated rings. The van der Waals surface area contributed by atoms with Gasteiger partial charge >= 0.3 is 6.18 Å². The summed E-state index contributed by atoms with van der Waals surface area (Å²) >= 11 is 0. The highest BCUT2D eigenvalue weighted by Crippen LogP contribution is 2.33. The number of nitrogens with one attached hydrogen (secondary N) is 2. The molecule has 3 aliphatic heterocycles. The molecule has 3 heterocycles. The molecule has 3 aliphatic rings. The monoisotopic (exact) mass is 319 g/mol. The SMILES string of the molecule is CN1C[C@H](NC(=O)C2CC3CCC(C2)N3)CC[C@H]1C(F)(F)F. The molecule has 3 rings (SSSR count). The summed E-state index contributed by atoms with van der Waals surface area (Å²) in [7, 11) is 1.49. The van der Waals surface area contributed by atoms with E-state index in [0.29, 0.717) is 18.5 Å². The van der Waals surface area contributed by atoms with E-state index in [4.69, 9.17) is 0 Å². The maximum atomic E-state index is 12.8. The van der Waals surface area contributed by atoms with Gasteiger partial charge in [0.15, 0.2) is 0 Å². The molecule has 0 radical (unpaired) electrons. The Bertz CT molecular complexity index is 417. The van der Waals surface area contributed by atoms with Crippen LogP contribution in [0.3, 0.4) is 0 Å². The summed E-state index contributed by atoms with van der Waals surface area (Å²) in [5.41, 5.74) is 0. The van der Waals surface area contributed by atoms with Gasteiger partial charge in [-0.3, -0.25) is 9.69 Å². The first-order valence-electron chi connectivity index (χ1n) is 8.16.